The molecule has 0 bridgehead atoms. The Morgan fingerprint density at radius 1 is 1.31 bits per heavy atom. The lowest BCUT2D eigenvalue weighted by atomic mass is 10.0. The van der Waals surface area contributed by atoms with E-state index in [0.717, 1.165) is 23.4 Å². The molecule has 0 saturated carbocycles. The van der Waals surface area contributed by atoms with Gasteiger partial charge in [0.25, 0.3) is 0 Å². The van der Waals surface area contributed by atoms with Crippen molar-refractivity contribution >= 4 is 23.5 Å². The predicted molar refractivity (Wildman–Crippen MR) is 98.6 cm³/mol. The van der Waals surface area contributed by atoms with Crippen LogP contribution < -0.4 is 9.47 Å². The molecule has 2 heterocycles. The van der Waals surface area contributed by atoms with E-state index in [1.165, 1.54) is 0 Å². The van der Waals surface area contributed by atoms with E-state index in [1.54, 1.807) is 31.4 Å². The standard InChI is InChI=1S/C20H18ClNO4/c1-24-8-7-22-11-16-17(25-12-22)6-5-15-19(23)18(26-20(15)16)10-13-3-2-4-14(21)9-13/h2-6,9-10H,7-8,11-12H2,1H3/b18-10-. The van der Waals surface area contributed by atoms with Crippen LogP contribution in [0.2, 0.25) is 5.02 Å². The highest BCUT2D eigenvalue weighted by Crippen LogP contribution is 2.42. The molecule has 5 nitrogen and oxygen atoms in total. The van der Waals surface area contributed by atoms with E-state index in [2.05, 4.69) is 4.90 Å². The van der Waals surface area contributed by atoms with Gasteiger partial charge in [0.1, 0.15) is 18.2 Å². The van der Waals surface area contributed by atoms with Gasteiger partial charge in [-0.3, -0.25) is 9.69 Å². The summed E-state index contributed by atoms with van der Waals surface area (Å²) >= 11 is 6.02. The topological polar surface area (TPSA) is 48.0 Å². The number of nitrogens with zero attached hydrogens (tertiary/aromatic N) is 1. The fourth-order valence-electron chi connectivity index (χ4n) is 3.12. The summed E-state index contributed by atoms with van der Waals surface area (Å²) in [6.45, 7) is 2.51. The van der Waals surface area contributed by atoms with Crippen LogP contribution in [0.1, 0.15) is 21.5 Å². The smallest absolute Gasteiger partial charge is 0.231 e. The van der Waals surface area contributed by atoms with Crippen molar-refractivity contribution in [3.63, 3.8) is 0 Å². The molecule has 0 spiro atoms. The second kappa shape index (κ2) is 7.11. The van der Waals surface area contributed by atoms with Gasteiger partial charge in [-0.05, 0) is 35.9 Å². The average Bonchev–Trinajstić information content (AvgIpc) is 2.96. The van der Waals surface area contributed by atoms with Crippen LogP contribution in [0.15, 0.2) is 42.2 Å². The van der Waals surface area contributed by atoms with Crippen molar-refractivity contribution in [2.75, 3.05) is 27.0 Å². The number of Topliss-reactive ketones (excluding diaryl/α,β-unsaturated/α-hetero) is 1. The second-order valence-corrected chi connectivity index (χ2v) is 6.67. The lowest BCUT2D eigenvalue weighted by molar-refractivity contribution is 0.0646. The molecule has 6 heteroatoms. The largest absolute Gasteiger partial charge is 0.478 e. The Labute approximate surface area is 156 Å². The predicted octanol–water partition coefficient (Wildman–Crippen LogP) is 3.75. The summed E-state index contributed by atoms with van der Waals surface area (Å²) in [7, 11) is 1.67. The molecular formula is C20H18ClNO4. The molecule has 0 fully saturated rings. The van der Waals surface area contributed by atoms with Crippen molar-refractivity contribution in [2.24, 2.45) is 0 Å². The lowest BCUT2D eigenvalue weighted by Crippen LogP contribution is -2.34. The molecule has 2 aliphatic heterocycles. The SMILES string of the molecule is COCCN1COc2ccc3c(c2C1)O/C(=C\c1cccc(Cl)c1)C3=O. The first-order valence-corrected chi connectivity index (χ1v) is 8.73. The van der Waals surface area contributed by atoms with Gasteiger partial charge in [-0.15, -0.1) is 0 Å². The fourth-order valence-corrected chi connectivity index (χ4v) is 3.31. The van der Waals surface area contributed by atoms with Gasteiger partial charge in [-0.2, -0.15) is 0 Å². The van der Waals surface area contributed by atoms with Crippen molar-refractivity contribution in [1.82, 2.24) is 4.90 Å². The van der Waals surface area contributed by atoms with Crippen molar-refractivity contribution in [3.8, 4) is 11.5 Å². The minimum atomic E-state index is -0.128. The van der Waals surface area contributed by atoms with Crippen molar-refractivity contribution in [2.45, 2.75) is 6.54 Å². The minimum Gasteiger partial charge on any atom is -0.478 e. The fraction of sp³-hybridized carbons (Fsp3) is 0.250. The monoisotopic (exact) mass is 371 g/mol. The van der Waals surface area contributed by atoms with Crippen LogP contribution in [0.25, 0.3) is 6.08 Å². The molecule has 0 aromatic heterocycles. The molecule has 0 saturated heterocycles. The summed E-state index contributed by atoms with van der Waals surface area (Å²) in [5, 5.41) is 0.613. The number of fused-ring (bicyclic) bond motifs is 3. The zero-order chi connectivity index (χ0) is 18.1. The van der Waals surface area contributed by atoms with E-state index in [4.69, 9.17) is 25.8 Å². The normalized spacial score (nSPS) is 17.6. The van der Waals surface area contributed by atoms with Crippen LogP contribution in [-0.2, 0) is 11.3 Å². The lowest BCUT2D eigenvalue weighted by Gasteiger charge is -2.29. The zero-order valence-corrected chi connectivity index (χ0v) is 15.1. The van der Waals surface area contributed by atoms with Crippen molar-refractivity contribution < 1.29 is 19.0 Å². The second-order valence-electron chi connectivity index (χ2n) is 6.23. The summed E-state index contributed by atoms with van der Waals surface area (Å²) in [5.41, 5.74) is 2.28. The van der Waals surface area contributed by atoms with Gasteiger partial charge in [0.15, 0.2) is 5.76 Å². The Hall–Kier alpha value is -2.34. The molecule has 0 N–H and O–H groups in total. The summed E-state index contributed by atoms with van der Waals surface area (Å²) < 4.78 is 16.9. The van der Waals surface area contributed by atoms with Crippen LogP contribution >= 0.6 is 11.6 Å². The quantitative estimate of drug-likeness (QED) is 0.766. The summed E-state index contributed by atoms with van der Waals surface area (Å²) in [4.78, 5) is 14.8. The molecule has 4 rings (SSSR count). The minimum absolute atomic E-state index is 0.128. The number of carbonyl (C=O) groups excluding carboxylic acids is 1. The van der Waals surface area contributed by atoms with Crippen LogP contribution in [0.5, 0.6) is 11.5 Å². The number of hydrogen-bond acceptors (Lipinski definition) is 5. The number of benzene rings is 2. The summed E-state index contributed by atoms with van der Waals surface area (Å²) in [6.07, 6.45) is 1.72. The van der Waals surface area contributed by atoms with Crippen molar-refractivity contribution in [3.05, 3.63) is 63.9 Å². The molecule has 2 aromatic rings. The molecule has 0 unspecified atom stereocenters. The van der Waals surface area contributed by atoms with E-state index in [9.17, 15) is 4.79 Å². The molecule has 0 aliphatic carbocycles. The van der Waals surface area contributed by atoms with Crippen LogP contribution in [0.4, 0.5) is 0 Å². The van der Waals surface area contributed by atoms with Crippen LogP contribution in [0, 0.1) is 0 Å². The molecule has 2 aromatic carbocycles. The number of rotatable bonds is 4. The first-order chi connectivity index (χ1) is 12.7. The van der Waals surface area contributed by atoms with E-state index in [0.29, 0.717) is 42.0 Å². The number of carbonyl (C=O) groups is 1. The molecule has 0 amide bonds. The van der Waals surface area contributed by atoms with E-state index < -0.39 is 0 Å². The van der Waals surface area contributed by atoms with E-state index >= 15 is 0 Å². The summed E-state index contributed by atoms with van der Waals surface area (Å²) in [6, 6.07) is 10.9. The summed E-state index contributed by atoms with van der Waals surface area (Å²) in [5.74, 6) is 1.51. The van der Waals surface area contributed by atoms with Gasteiger partial charge in [0.05, 0.1) is 17.7 Å². The van der Waals surface area contributed by atoms with Gasteiger partial charge >= 0.3 is 0 Å². The van der Waals surface area contributed by atoms with Gasteiger partial charge in [0.2, 0.25) is 5.78 Å². The number of halogens is 1. The highest BCUT2D eigenvalue weighted by atomic mass is 35.5. The molecular weight excluding hydrogens is 354 g/mol. The van der Waals surface area contributed by atoms with Gasteiger partial charge in [0, 0.05) is 25.2 Å². The molecule has 2 aliphatic rings. The molecule has 0 radical (unpaired) electrons. The number of ketones is 1. The molecule has 26 heavy (non-hydrogen) atoms. The molecule has 0 atom stereocenters. The average molecular weight is 372 g/mol. The maximum Gasteiger partial charge on any atom is 0.231 e. The van der Waals surface area contributed by atoms with E-state index in [1.807, 2.05) is 18.2 Å². The highest BCUT2D eigenvalue weighted by molar-refractivity contribution is 6.30. The third-order valence-electron chi connectivity index (χ3n) is 4.44. The van der Waals surface area contributed by atoms with E-state index in [-0.39, 0.29) is 5.78 Å². The Kier molecular flexibility index (Phi) is 4.68. The first-order valence-electron chi connectivity index (χ1n) is 8.35. The Bertz CT molecular complexity index is 893. The van der Waals surface area contributed by atoms with Crippen molar-refractivity contribution in [1.29, 1.82) is 0 Å². The molecule has 134 valence electrons. The Morgan fingerprint density at radius 3 is 3.00 bits per heavy atom. The number of methoxy groups -OCH3 is 1. The Balaban J connectivity index is 1.65. The highest BCUT2D eigenvalue weighted by Gasteiger charge is 2.33. The zero-order valence-electron chi connectivity index (χ0n) is 14.3. The van der Waals surface area contributed by atoms with Crippen LogP contribution in [-0.4, -0.2) is 37.7 Å². The van der Waals surface area contributed by atoms with Gasteiger partial charge in [-0.1, -0.05) is 23.7 Å². The number of ether oxygens (including phenoxy) is 3. The third-order valence-corrected chi connectivity index (χ3v) is 4.68. The number of hydrogen-bond donors (Lipinski definition) is 0. The third kappa shape index (κ3) is 3.21. The first kappa shape index (κ1) is 17.1. The maximum atomic E-state index is 12.7. The van der Waals surface area contributed by atoms with Gasteiger partial charge in [-0.25, -0.2) is 0 Å². The van der Waals surface area contributed by atoms with Gasteiger partial charge < -0.3 is 14.2 Å². The number of allylic oxidation sites excluding steroid dienone is 1. The Morgan fingerprint density at radius 2 is 2.19 bits per heavy atom. The van der Waals surface area contributed by atoms with Crippen LogP contribution in [0.3, 0.4) is 0 Å². The maximum absolute atomic E-state index is 12.7.